The molecule has 1 aromatic carbocycles. The average molecular weight is 342 g/mol. The highest BCUT2D eigenvalue weighted by Gasteiger charge is 2.05. The molecule has 6 heteroatoms. The molecule has 2 rings (SSSR count). The van der Waals surface area contributed by atoms with Gasteiger partial charge < -0.3 is 19.8 Å². The molecule has 0 unspecified atom stereocenters. The number of ether oxygens (including phenoxy) is 1. The van der Waals surface area contributed by atoms with Gasteiger partial charge in [-0.3, -0.25) is 9.59 Å². The van der Waals surface area contributed by atoms with Gasteiger partial charge in [0, 0.05) is 12.6 Å². The highest BCUT2D eigenvalue weighted by molar-refractivity contribution is 5.94. The second-order valence-corrected chi connectivity index (χ2v) is 5.21. The highest BCUT2D eigenvalue weighted by atomic mass is 16.5. The largest absolute Gasteiger partial charge is 0.494 e. The summed E-state index contributed by atoms with van der Waals surface area (Å²) in [6.45, 7) is 2.93. The summed E-state index contributed by atoms with van der Waals surface area (Å²) in [7, 11) is 0. The quantitative estimate of drug-likeness (QED) is 0.685. The topological polar surface area (TPSA) is 80.6 Å². The minimum absolute atomic E-state index is 0.0750. The van der Waals surface area contributed by atoms with Crippen molar-refractivity contribution in [1.29, 1.82) is 0 Å². The monoisotopic (exact) mass is 342 g/mol. The number of nitrogens with one attached hydrogen (secondary N) is 2. The normalized spacial score (nSPS) is 10.6. The summed E-state index contributed by atoms with van der Waals surface area (Å²) in [4.78, 5) is 23.4. The molecule has 1 heterocycles. The summed E-state index contributed by atoms with van der Waals surface area (Å²) < 4.78 is 10.6. The molecule has 0 bridgehead atoms. The van der Waals surface area contributed by atoms with Crippen LogP contribution in [-0.4, -0.2) is 31.5 Å². The third-order valence-electron chi connectivity index (χ3n) is 3.35. The number of benzene rings is 1. The molecule has 0 atom stereocenters. The van der Waals surface area contributed by atoms with Crippen LogP contribution >= 0.6 is 0 Å². The first-order chi connectivity index (χ1) is 12.2. The maximum absolute atomic E-state index is 11.8. The van der Waals surface area contributed by atoms with Gasteiger partial charge in [0.15, 0.2) is 0 Å². The van der Waals surface area contributed by atoms with Gasteiger partial charge in [-0.25, -0.2) is 0 Å². The van der Waals surface area contributed by atoms with Crippen LogP contribution in [0.15, 0.2) is 53.2 Å². The number of carbonyl (C=O) groups is 2. The van der Waals surface area contributed by atoms with Gasteiger partial charge in [-0.2, -0.15) is 0 Å². The molecule has 0 aliphatic rings. The van der Waals surface area contributed by atoms with Gasteiger partial charge in [0.25, 0.3) is 0 Å². The Bertz CT molecular complexity index is 708. The third-order valence-corrected chi connectivity index (χ3v) is 3.35. The molecule has 25 heavy (non-hydrogen) atoms. The van der Waals surface area contributed by atoms with Gasteiger partial charge in [-0.1, -0.05) is 18.2 Å². The smallest absolute Gasteiger partial charge is 0.244 e. The molecule has 0 spiro atoms. The predicted molar refractivity (Wildman–Crippen MR) is 95.1 cm³/mol. The number of carbonyl (C=O) groups excluding carboxylic acids is 2. The molecule has 0 aliphatic carbocycles. The average Bonchev–Trinajstić information content (AvgIpc) is 3.13. The van der Waals surface area contributed by atoms with Crippen LogP contribution in [-0.2, 0) is 16.0 Å². The molecule has 0 fully saturated rings. The second-order valence-electron chi connectivity index (χ2n) is 5.21. The van der Waals surface area contributed by atoms with E-state index < -0.39 is 0 Å². The highest BCUT2D eigenvalue weighted by Crippen LogP contribution is 2.17. The Morgan fingerprint density at radius 1 is 1.16 bits per heavy atom. The lowest BCUT2D eigenvalue weighted by molar-refractivity contribution is -0.123. The molecule has 0 saturated carbocycles. The maximum Gasteiger partial charge on any atom is 0.244 e. The van der Waals surface area contributed by atoms with Crippen molar-refractivity contribution in [2.24, 2.45) is 0 Å². The first kappa shape index (κ1) is 18.3. The number of para-hydroxylation sites is 1. The third kappa shape index (κ3) is 6.55. The molecule has 2 N–H and O–H groups in total. The first-order valence-corrected chi connectivity index (χ1v) is 8.16. The Hall–Kier alpha value is -3.02. The Balaban J connectivity index is 1.68. The minimum Gasteiger partial charge on any atom is -0.494 e. The van der Waals surface area contributed by atoms with Gasteiger partial charge in [-0.15, -0.1) is 0 Å². The fraction of sp³-hybridized carbons (Fsp3) is 0.263. The van der Waals surface area contributed by atoms with Gasteiger partial charge >= 0.3 is 0 Å². The van der Waals surface area contributed by atoms with Gasteiger partial charge in [0.1, 0.15) is 11.5 Å². The van der Waals surface area contributed by atoms with Crippen molar-refractivity contribution in [1.82, 2.24) is 10.6 Å². The summed E-state index contributed by atoms with van der Waals surface area (Å²) in [6.07, 6.45) is 5.05. The fourth-order valence-electron chi connectivity index (χ4n) is 2.18. The van der Waals surface area contributed by atoms with Crippen LogP contribution in [0.1, 0.15) is 18.2 Å². The van der Waals surface area contributed by atoms with E-state index in [1.54, 1.807) is 12.1 Å². The molecule has 6 nitrogen and oxygen atoms in total. The fourth-order valence-corrected chi connectivity index (χ4v) is 2.18. The second kappa shape index (κ2) is 9.97. The lowest BCUT2D eigenvalue weighted by Gasteiger charge is -2.10. The molecule has 2 amide bonds. The molecule has 0 radical (unpaired) electrons. The molecule has 132 valence electrons. The number of amides is 2. The maximum atomic E-state index is 11.8. The van der Waals surface area contributed by atoms with E-state index in [9.17, 15) is 9.59 Å². The molecular weight excluding hydrogens is 320 g/mol. The van der Waals surface area contributed by atoms with Crippen LogP contribution in [0, 0.1) is 0 Å². The Kier molecular flexibility index (Phi) is 7.31. The zero-order valence-electron chi connectivity index (χ0n) is 14.2. The van der Waals surface area contributed by atoms with Crippen molar-refractivity contribution in [2.45, 2.75) is 13.3 Å². The van der Waals surface area contributed by atoms with Gasteiger partial charge in [-0.05, 0) is 43.2 Å². The molecule has 0 saturated heterocycles. The van der Waals surface area contributed by atoms with Crippen molar-refractivity contribution in [3.63, 3.8) is 0 Å². The van der Waals surface area contributed by atoms with Crippen LogP contribution in [0.2, 0.25) is 0 Å². The summed E-state index contributed by atoms with van der Waals surface area (Å²) in [6, 6.07) is 11.2. The van der Waals surface area contributed by atoms with Crippen LogP contribution in [0.3, 0.4) is 0 Å². The minimum atomic E-state index is -0.353. The molecule has 2 aromatic rings. The number of hydrogen-bond donors (Lipinski definition) is 2. The molecule has 0 aliphatic heterocycles. The van der Waals surface area contributed by atoms with Crippen LogP contribution in [0.4, 0.5) is 0 Å². The summed E-state index contributed by atoms with van der Waals surface area (Å²) in [5.74, 6) is 0.810. The summed E-state index contributed by atoms with van der Waals surface area (Å²) >= 11 is 0. The van der Waals surface area contributed by atoms with E-state index in [1.165, 1.54) is 18.4 Å². The van der Waals surface area contributed by atoms with E-state index in [2.05, 4.69) is 10.6 Å². The zero-order chi connectivity index (χ0) is 17.9. The number of rotatable bonds is 9. The SMILES string of the molecule is CCOc1ccccc1CCNC(=O)CNC(=O)C=Cc1ccco1. The Labute approximate surface area is 146 Å². The summed E-state index contributed by atoms with van der Waals surface area (Å²) in [5.41, 5.74) is 1.04. The van der Waals surface area contributed by atoms with E-state index in [-0.39, 0.29) is 18.4 Å². The lowest BCUT2D eigenvalue weighted by Crippen LogP contribution is -2.37. The standard InChI is InChI=1S/C19H22N2O4/c1-2-24-17-8-4-3-6-15(17)11-12-20-19(23)14-21-18(22)10-9-16-7-5-13-25-16/h3-10,13H,2,11-12,14H2,1H3,(H,20,23)(H,21,22). The Morgan fingerprint density at radius 2 is 2.00 bits per heavy atom. The van der Waals surface area contributed by atoms with Crippen molar-refractivity contribution in [3.8, 4) is 5.75 Å². The van der Waals surface area contributed by atoms with E-state index in [0.29, 0.717) is 25.3 Å². The number of hydrogen-bond acceptors (Lipinski definition) is 4. The van der Waals surface area contributed by atoms with Crippen molar-refractivity contribution < 1.29 is 18.7 Å². The van der Waals surface area contributed by atoms with Crippen LogP contribution in [0.25, 0.3) is 6.08 Å². The zero-order valence-corrected chi connectivity index (χ0v) is 14.2. The van der Waals surface area contributed by atoms with Crippen LogP contribution < -0.4 is 15.4 Å². The van der Waals surface area contributed by atoms with Crippen molar-refractivity contribution >= 4 is 17.9 Å². The van der Waals surface area contributed by atoms with Crippen LogP contribution in [0.5, 0.6) is 5.75 Å². The van der Waals surface area contributed by atoms with E-state index in [4.69, 9.17) is 9.15 Å². The van der Waals surface area contributed by atoms with Crippen molar-refractivity contribution in [3.05, 3.63) is 60.1 Å². The molecule has 1 aromatic heterocycles. The molecular formula is C19H22N2O4. The number of furan rings is 1. The van der Waals surface area contributed by atoms with E-state index in [1.807, 2.05) is 31.2 Å². The van der Waals surface area contributed by atoms with Gasteiger partial charge in [0.2, 0.25) is 11.8 Å². The summed E-state index contributed by atoms with van der Waals surface area (Å²) in [5, 5.41) is 5.29. The van der Waals surface area contributed by atoms with E-state index >= 15 is 0 Å². The van der Waals surface area contributed by atoms with E-state index in [0.717, 1.165) is 11.3 Å². The predicted octanol–water partition coefficient (Wildman–Crippen LogP) is 2.17. The van der Waals surface area contributed by atoms with Gasteiger partial charge in [0.05, 0.1) is 19.4 Å². The lowest BCUT2D eigenvalue weighted by atomic mass is 10.1. The van der Waals surface area contributed by atoms with Crippen molar-refractivity contribution in [2.75, 3.05) is 19.7 Å². The Morgan fingerprint density at radius 3 is 2.76 bits per heavy atom. The first-order valence-electron chi connectivity index (χ1n) is 8.16.